The molecule has 0 unspecified atom stereocenters. The molecular weight excluding hydrogens is 416 g/mol. The summed E-state index contributed by atoms with van der Waals surface area (Å²) in [5.41, 5.74) is 1.72. The second kappa shape index (κ2) is 11.3. The minimum absolute atomic E-state index is 0.166. The maximum atomic E-state index is 13.3. The van der Waals surface area contributed by atoms with E-state index >= 15 is 0 Å². The van der Waals surface area contributed by atoms with Gasteiger partial charge in [-0.15, -0.1) is 0 Å². The third-order valence-electron chi connectivity index (χ3n) is 4.44. The Morgan fingerprint density at radius 2 is 1.58 bits per heavy atom. The number of unbranched alkanes of at least 4 members (excludes halogenated alkanes) is 2. The number of rotatable bonds is 9. The van der Waals surface area contributed by atoms with Crippen molar-refractivity contribution in [1.29, 1.82) is 0 Å². The highest BCUT2D eigenvalue weighted by atomic mass is 19.4. The van der Waals surface area contributed by atoms with Crippen molar-refractivity contribution in [2.75, 3.05) is 6.54 Å². The van der Waals surface area contributed by atoms with Gasteiger partial charge in [0.05, 0.1) is 5.56 Å². The van der Waals surface area contributed by atoms with Crippen LogP contribution >= 0.6 is 0 Å². The Hall–Kier alpha value is -3.20. The van der Waals surface area contributed by atoms with Gasteiger partial charge < -0.3 is 5.32 Å². The van der Waals surface area contributed by atoms with Gasteiger partial charge in [0.25, 0.3) is 5.91 Å². The van der Waals surface area contributed by atoms with Crippen molar-refractivity contribution in [3.63, 3.8) is 0 Å². The number of alkyl halides is 3. The molecule has 0 saturated heterocycles. The fourth-order valence-electron chi connectivity index (χ4n) is 2.78. The van der Waals surface area contributed by atoms with E-state index in [0.29, 0.717) is 36.9 Å². The highest BCUT2D eigenvalue weighted by molar-refractivity contribution is 6.24. The third-order valence-corrected chi connectivity index (χ3v) is 4.44. The molecular formula is C22H22F4N2O3. The summed E-state index contributed by atoms with van der Waals surface area (Å²) in [6.45, 7) is 0.311. The van der Waals surface area contributed by atoms with E-state index in [-0.39, 0.29) is 12.0 Å². The van der Waals surface area contributed by atoms with Crippen LogP contribution in [0.1, 0.15) is 42.4 Å². The second-order valence-corrected chi connectivity index (χ2v) is 6.79. The molecule has 5 nitrogen and oxygen atoms in total. The van der Waals surface area contributed by atoms with E-state index in [4.69, 9.17) is 5.21 Å². The standard InChI is InChI=1S/C22H22F4N2O3/c23-18-11-7-16(8-12-18)19(14-15-5-9-17(10-6-15)22(24,25)26)21(30)27-13-3-1-2-4-20(29)28-31/h5-12,14,31H,1-4,13H2,(H,27,30)(H,28,29)/b19-14-. The van der Waals surface area contributed by atoms with Crippen LogP contribution in [0.4, 0.5) is 17.6 Å². The fourth-order valence-corrected chi connectivity index (χ4v) is 2.78. The van der Waals surface area contributed by atoms with Crippen LogP contribution in [0.15, 0.2) is 48.5 Å². The Balaban J connectivity index is 2.10. The molecule has 0 radical (unpaired) electrons. The Labute approximate surface area is 176 Å². The first-order valence-corrected chi connectivity index (χ1v) is 9.56. The van der Waals surface area contributed by atoms with Crippen molar-refractivity contribution in [3.05, 3.63) is 71.0 Å². The normalized spacial score (nSPS) is 11.8. The summed E-state index contributed by atoms with van der Waals surface area (Å²) in [5.74, 6) is -1.42. The quantitative estimate of drug-likeness (QED) is 0.134. The largest absolute Gasteiger partial charge is 0.416 e. The maximum Gasteiger partial charge on any atom is 0.416 e. The average molecular weight is 438 g/mol. The number of carbonyl (C=O) groups excluding carboxylic acids is 2. The van der Waals surface area contributed by atoms with Gasteiger partial charge in [0.15, 0.2) is 0 Å². The molecule has 0 bridgehead atoms. The number of nitrogens with one attached hydrogen (secondary N) is 2. The number of halogens is 4. The number of carbonyl (C=O) groups is 2. The summed E-state index contributed by atoms with van der Waals surface area (Å²) in [5, 5.41) is 11.2. The first kappa shape index (κ1) is 24.1. The molecule has 0 aliphatic carbocycles. The predicted molar refractivity (Wildman–Crippen MR) is 107 cm³/mol. The van der Waals surface area contributed by atoms with E-state index in [9.17, 15) is 27.2 Å². The minimum Gasteiger partial charge on any atom is -0.352 e. The number of hydrogen-bond acceptors (Lipinski definition) is 3. The molecule has 31 heavy (non-hydrogen) atoms. The SMILES string of the molecule is O=C(CCCCCNC(=O)/C(=C\c1ccc(C(F)(F)F)cc1)c1ccc(F)cc1)NO. The first-order valence-electron chi connectivity index (χ1n) is 9.56. The van der Waals surface area contributed by atoms with Crippen molar-refractivity contribution in [1.82, 2.24) is 10.8 Å². The number of benzene rings is 2. The average Bonchev–Trinajstić information content (AvgIpc) is 2.74. The molecule has 0 fully saturated rings. The lowest BCUT2D eigenvalue weighted by molar-refractivity contribution is -0.137. The number of hydroxylamine groups is 1. The highest BCUT2D eigenvalue weighted by Gasteiger charge is 2.29. The fraction of sp³-hybridized carbons (Fsp3) is 0.273. The van der Waals surface area contributed by atoms with E-state index in [1.807, 2.05) is 0 Å². The van der Waals surface area contributed by atoms with Crippen LogP contribution < -0.4 is 10.8 Å². The molecule has 3 N–H and O–H groups in total. The van der Waals surface area contributed by atoms with Crippen LogP contribution in [-0.2, 0) is 15.8 Å². The van der Waals surface area contributed by atoms with Gasteiger partial charge in [-0.1, -0.05) is 30.7 Å². The molecule has 2 aromatic carbocycles. The van der Waals surface area contributed by atoms with Gasteiger partial charge >= 0.3 is 6.18 Å². The van der Waals surface area contributed by atoms with E-state index in [0.717, 1.165) is 12.1 Å². The molecule has 0 spiro atoms. The van der Waals surface area contributed by atoms with Crippen molar-refractivity contribution in [2.45, 2.75) is 31.9 Å². The predicted octanol–water partition coefficient (Wildman–Crippen LogP) is 4.57. The van der Waals surface area contributed by atoms with E-state index in [2.05, 4.69) is 5.32 Å². The van der Waals surface area contributed by atoms with Crippen LogP contribution in [0, 0.1) is 5.82 Å². The van der Waals surface area contributed by atoms with Crippen LogP contribution in [0.5, 0.6) is 0 Å². The van der Waals surface area contributed by atoms with Crippen molar-refractivity contribution >= 4 is 23.5 Å². The summed E-state index contributed by atoms with van der Waals surface area (Å²) in [6.07, 6.45) is -1.09. The summed E-state index contributed by atoms with van der Waals surface area (Å²) >= 11 is 0. The molecule has 0 aliphatic heterocycles. The van der Waals surface area contributed by atoms with Gasteiger partial charge in [0, 0.05) is 18.5 Å². The molecule has 2 amide bonds. The van der Waals surface area contributed by atoms with Gasteiger partial charge in [0.2, 0.25) is 5.91 Å². The van der Waals surface area contributed by atoms with Gasteiger partial charge in [-0.2, -0.15) is 13.2 Å². The Morgan fingerprint density at radius 3 is 2.16 bits per heavy atom. The second-order valence-electron chi connectivity index (χ2n) is 6.79. The van der Waals surface area contributed by atoms with Crippen LogP contribution in [0.2, 0.25) is 0 Å². The summed E-state index contributed by atoms with van der Waals surface area (Å²) in [6, 6.07) is 9.57. The molecule has 0 saturated carbocycles. The maximum absolute atomic E-state index is 13.3. The van der Waals surface area contributed by atoms with E-state index in [1.54, 1.807) is 5.48 Å². The van der Waals surface area contributed by atoms with Crippen molar-refractivity contribution in [3.8, 4) is 0 Å². The molecule has 2 aromatic rings. The molecule has 0 aliphatic rings. The highest BCUT2D eigenvalue weighted by Crippen LogP contribution is 2.29. The Bertz CT molecular complexity index is 908. The summed E-state index contributed by atoms with van der Waals surface area (Å²) in [4.78, 5) is 23.6. The third kappa shape index (κ3) is 7.86. The zero-order valence-corrected chi connectivity index (χ0v) is 16.5. The van der Waals surface area contributed by atoms with E-state index < -0.39 is 29.4 Å². The summed E-state index contributed by atoms with van der Waals surface area (Å²) in [7, 11) is 0. The summed E-state index contributed by atoms with van der Waals surface area (Å²) < 4.78 is 51.5. The van der Waals surface area contributed by atoms with E-state index in [1.165, 1.54) is 42.5 Å². The lowest BCUT2D eigenvalue weighted by Gasteiger charge is -2.11. The molecule has 166 valence electrons. The Morgan fingerprint density at radius 1 is 0.935 bits per heavy atom. The zero-order valence-electron chi connectivity index (χ0n) is 16.5. The monoisotopic (exact) mass is 438 g/mol. The van der Waals surface area contributed by atoms with Crippen molar-refractivity contribution < 1.29 is 32.4 Å². The molecule has 0 heterocycles. The molecule has 9 heteroatoms. The zero-order chi connectivity index (χ0) is 22.9. The molecule has 0 atom stereocenters. The van der Waals surface area contributed by atoms with Gasteiger partial charge in [-0.25, -0.2) is 9.87 Å². The molecule has 0 aromatic heterocycles. The van der Waals surface area contributed by atoms with Crippen molar-refractivity contribution in [2.24, 2.45) is 0 Å². The minimum atomic E-state index is -4.46. The topological polar surface area (TPSA) is 78.4 Å². The van der Waals surface area contributed by atoms with Gasteiger partial charge in [-0.05, 0) is 54.3 Å². The van der Waals surface area contributed by atoms with Gasteiger partial charge in [0.1, 0.15) is 5.82 Å². The lowest BCUT2D eigenvalue weighted by atomic mass is 10.0. The lowest BCUT2D eigenvalue weighted by Crippen LogP contribution is -2.25. The van der Waals surface area contributed by atoms with Crippen LogP contribution in [-0.4, -0.2) is 23.6 Å². The van der Waals surface area contributed by atoms with Crippen LogP contribution in [0.3, 0.4) is 0 Å². The number of amides is 2. The smallest absolute Gasteiger partial charge is 0.352 e. The first-order chi connectivity index (χ1) is 14.7. The number of hydrogen-bond donors (Lipinski definition) is 3. The van der Waals surface area contributed by atoms with Gasteiger partial charge in [-0.3, -0.25) is 14.8 Å². The van der Waals surface area contributed by atoms with Crippen LogP contribution in [0.25, 0.3) is 11.6 Å². The Kier molecular flexibility index (Phi) is 8.75. The molecule has 2 rings (SSSR count).